The Kier molecular flexibility index (Phi) is 15.1. The lowest BCUT2D eigenvalue weighted by Crippen LogP contribution is -2.50. The van der Waals surface area contributed by atoms with E-state index in [-0.39, 0.29) is 31.7 Å². The predicted molar refractivity (Wildman–Crippen MR) is 96.6 cm³/mol. The molecule has 0 fully saturated rings. The first-order valence-electron chi connectivity index (χ1n) is 8.29. The fourth-order valence-corrected chi connectivity index (χ4v) is 2.74. The zero-order valence-electron chi connectivity index (χ0n) is 14.5. The van der Waals surface area contributed by atoms with Gasteiger partial charge in [0.1, 0.15) is 0 Å². The lowest BCUT2D eigenvalue weighted by molar-refractivity contribution is -0.127. The van der Waals surface area contributed by atoms with E-state index in [2.05, 4.69) is 10.6 Å². The monoisotopic (exact) mass is 364 g/mol. The number of nitrogens with two attached hydrogens (primary N) is 1. The fraction of sp³-hybridized carbons (Fsp3) is 0.867. The van der Waals surface area contributed by atoms with Crippen LogP contribution in [0.2, 0.25) is 0 Å². The van der Waals surface area contributed by atoms with Gasteiger partial charge in [0, 0.05) is 31.8 Å². The first-order chi connectivity index (χ1) is 11.6. The number of aliphatic hydroxyl groups is 2. The minimum atomic E-state index is -0.444. The van der Waals surface area contributed by atoms with Crippen molar-refractivity contribution in [3.8, 4) is 0 Å². The largest absolute Gasteiger partial charge is 0.395 e. The van der Waals surface area contributed by atoms with Crippen LogP contribution in [0, 0.1) is 0 Å². The van der Waals surface area contributed by atoms with Gasteiger partial charge in [-0.15, -0.1) is 0 Å². The molecule has 0 aromatic carbocycles. The van der Waals surface area contributed by atoms with Crippen LogP contribution in [0.4, 0.5) is 0 Å². The molecule has 2 amide bonds. The summed E-state index contributed by atoms with van der Waals surface area (Å²) in [5, 5.41) is 23.7. The third-order valence-corrected chi connectivity index (χ3v) is 4.17. The molecule has 0 radical (unpaired) electrons. The van der Waals surface area contributed by atoms with Gasteiger partial charge in [0.2, 0.25) is 11.8 Å². The van der Waals surface area contributed by atoms with Crippen molar-refractivity contribution < 1.29 is 19.8 Å². The number of amides is 2. The number of aliphatic hydroxyl groups excluding tert-OH is 2. The lowest BCUT2D eigenvalue weighted by Gasteiger charge is -2.29. The lowest BCUT2D eigenvalue weighted by atomic mass is 10.1. The summed E-state index contributed by atoms with van der Waals surface area (Å²) >= 11 is 1.64. The van der Waals surface area contributed by atoms with E-state index in [0.717, 1.165) is 18.6 Å². The molecule has 142 valence electrons. The van der Waals surface area contributed by atoms with Crippen molar-refractivity contribution in [2.45, 2.75) is 31.7 Å². The number of nitrogens with zero attached hydrogens (tertiary/aromatic N) is 1. The summed E-state index contributed by atoms with van der Waals surface area (Å²) in [4.78, 5) is 25.4. The van der Waals surface area contributed by atoms with Crippen molar-refractivity contribution >= 4 is 23.6 Å². The van der Waals surface area contributed by atoms with E-state index < -0.39 is 6.04 Å². The first kappa shape index (κ1) is 23.1. The van der Waals surface area contributed by atoms with Gasteiger partial charge in [0.05, 0.1) is 25.9 Å². The van der Waals surface area contributed by atoms with Crippen LogP contribution < -0.4 is 16.4 Å². The summed E-state index contributed by atoms with van der Waals surface area (Å²) in [6.07, 6.45) is 4.57. The average Bonchev–Trinajstić information content (AvgIpc) is 2.56. The molecule has 6 N–H and O–H groups in total. The van der Waals surface area contributed by atoms with Crippen LogP contribution in [-0.4, -0.2) is 84.5 Å². The summed E-state index contributed by atoms with van der Waals surface area (Å²) in [6, 6.07) is -0.444. The van der Waals surface area contributed by atoms with Crippen LogP contribution in [0.15, 0.2) is 0 Å². The molecule has 0 saturated heterocycles. The highest BCUT2D eigenvalue weighted by molar-refractivity contribution is 7.98. The summed E-state index contributed by atoms with van der Waals surface area (Å²) in [6.45, 7) is 1.09. The van der Waals surface area contributed by atoms with E-state index >= 15 is 0 Å². The average molecular weight is 365 g/mol. The standard InChI is InChI=1S/C15H32N4O4S/c1-24-11-5-14(22)17-6-3-2-4-13(15(23)18-12-16)19(7-9-20)8-10-21/h13,20-21H,2-12,16H2,1H3,(H,17,22)(H,18,23). The van der Waals surface area contributed by atoms with Gasteiger partial charge in [0.15, 0.2) is 0 Å². The van der Waals surface area contributed by atoms with Crippen LogP contribution in [0.3, 0.4) is 0 Å². The topological polar surface area (TPSA) is 128 Å². The SMILES string of the molecule is CSCCC(=O)NCCCCC(C(=O)NCN)N(CCO)CCO. The molecule has 0 saturated carbocycles. The second kappa shape index (κ2) is 15.6. The molecule has 0 aromatic heterocycles. The Bertz CT molecular complexity index is 341. The Labute approximate surface area is 148 Å². The molecule has 1 atom stereocenters. The molecule has 0 spiro atoms. The maximum Gasteiger partial charge on any atom is 0.238 e. The highest BCUT2D eigenvalue weighted by Gasteiger charge is 2.24. The highest BCUT2D eigenvalue weighted by Crippen LogP contribution is 2.09. The maximum absolute atomic E-state index is 12.2. The molecular formula is C15H32N4O4S. The Morgan fingerprint density at radius 2 is 1.83 bits per heavy atom. The number of hydrogen-bond acceptors (Lipinski definition) is 7. The van der Waals surface area contributed by atoms with Gasteiger partial charge in [-0.1, -0.05) is 0 Å². The van der Waals surface area contributed by atoms with Gasteiger partial charge in [-0.05, 0) is 25.5 Å². The number of rotatable bonds is 15. The summed E-state index contributed by atoms with van der Waals surface area (Å²) in [5.74, 6) is 0.650. The summed E-state index contributed by atoms with van der Waals surface area (Å²) < 4.78 is 0. The maximum atomic E-state index is 12.2. The molecule has 0 bridgehead atoms. The van der Waals surface area contributed by atoms with E-state index in [1.165, 1.54) is 0 Å². The quantitative estimate of drug-likeness (QED) is 0.181. The van der Waals surface area contributed by atoms with Crippen LogP contribution in [0.25, 0.3) is 0 Å². The van der Waals surface area contributed by atoms with Crippen molar-refractivity contribution in [2.24, 2.45) is 5.73 Å². The van der Waals surface area contributed by atoms with Gasteiger partial charge in [-0.3, -0.25) is 14.5 Å². The predicted octanol–water partition coefficient (Wildman–Crippen LogP) is -1.29. The van der Waals surface area contributed by atoms with Gasteiger partial charge in [0.25, 0.3) is 0 Å². The Morgan fingerprint density at radius 1 is 1.17 bits per heavy atom. The Balaban J connectivity index is 4.30. The highest BCUT2D eigenvalue weighted by atomic mass is 32.2. The molecule has 24 heavy (non-hydrogen) atoms. The normalized spacial score (nSPS) is 12.2. The third kappa shape index (κ3) is 10.8. The number of unbranched alkanes of at least 4 members (excludes halogenated alkanes) is 1. The van der Waals surface area contributed by atoms with Crippen LogP contribution >= 0.6 is 11.8 Å². The van der Waals surface area contributed by atoms with Crippen molar-refractivity contribution in [1.29, 1.82) is 0 Å². The molecule has 9 heteroatoms. The molecular weight excluding hydrogens is 332 g/mol. The summed E-state index contributed by atoms with van der Waals surface area (Å²) in [5.41, 5.74) is 5.37. The minimum absolute atomic E-state index is 0.0453. The van der Waals surface area contributed by atoms with E-state index in [1.807, 2.05) is 6.26 Å². The molecule has 0 aliphatic heterocycles. The molecule has 0 rings (SSSR count). The fourth-order valence-electron chi connectivity index (χ4n) is 2.35. The Hall–Kier alpha value is -0.870. The van der Waals surface area contributed by atoms with Crippen LogP contribution in [0.1, 0.15) is 25.7 Å². The number of thioether (sulfide) groups is 1. The van der Waals surface area contributed by atoms with Gasteiger partial charge in [-0.25, -0.2) is 0 Å². The zero-order chi connectivity index (χ0) is 18.2. The number of carbonyl (C=O) groups is 2. The number of carbonyl (C=O) groups excluding carboxylic acids is 2. The molecule has 1 unspecified atom stereocenters. The summed E-state index contributed by atoms with van der Waals surface area (Å²) in [7, 11) is 0. The smallest absolute Gasteiger partial charge is 0.238 e. The van der Waals surface area contributed by atoms with Gasteiger partial charge < -0.3 is 26.6 Å². The molecule has 0 aliphatic rings. The Morgan fingerprint density at radius 3 is 2.38 bits per heavy atom. The third-order valence-electron chi connectivity index (χ3n) is 3.55. The van der Waals surface area contributed by atoms with Crippen molar-refractivity contribution in [3.05, 3.63) is 0 Å². The van der Waals surface area contributed by atoms with Crippen LogP contribution in [0.5, 0.6) is 0 Å². The second-order valence-electron chi connectivity index (χ2n) is 5.33. The van der Waals surface area contributed by atoms with E-state index in [9.17, 15) is 9.59 Å². The van der Waals surface area contributed by atoms with Crippen molar-refractivity contribution in [3.63, 3.8) is 0 Å². The van der Waals surface area contributed by atoms with Gasteiger partial charge >= 0.3 is 0 Å². The second-order valence-corrected chi connectivity index (χ2v) is 6.32. The zero-order valence-corrected chi connectivity index (χ0v) is 15.3. The molecule has 0 aliphatic carbocycles. The first-order valence-corrected chi connectivity index (χ1v) is 9.69. The van der Waals surface area contributed by atoms with E-state index in [0.29, 0.717) is 32.5 Å². The van der Waals surface area contributed by atoms with Crippen LogP contribution in [-0.2, 0) is 9.59 Å². The van der Waals surface area contributed by atoms with Crippen molar-refractivity contribution in [2.75, 3.05) is 51.5 Å². The number of hydrogen-bond donors (Lipinski definition) is 5. The molecule has 0 aromatic rings. The van der Waals surface area contributed by atoms with E-state index in [1.54, 1.807) is 16.7 Å². The van der Waals surface area contributed by atoms with Gasteiger partial charge in [-0.2, -0.15) is 11.8 Å². The number of nitrogens with one attached hydrogen (secondary N) is 2. The van der Waals surface area contributed by atoms with E-state index in [4.69, 9.17) is 15.9 Å². The van der Waals surface area contributed by atoms with Crippen molar-refractivity contribution in [1.82, 2.24) is 15.5 Å². The molecule has 0 heterocycles. The molecule has 8 nitrogen and oxygen atoms in total. The minimum Gasteiger partial charge on any atom is -0.395 e.